The average molecular weight is 370 g/mol. The first-order valence-electron chi connectivity index (χ1n) is 7.88. The Morgan fingerprint density at radius 3 is 2.50 bits per heavy atom. The minimum absolute atomic E-state index is 0.0766. The molecule has 0 amide bonds. The lowest BCUT2D eigenvalue weighted by Gasteiger charge is -2.14. The fourth-order valence-electron chi connectivity index (χ4n) is 2.62. The van der Waals surface area contributed by atoms with Crippen molar-refractivity contribution in [3.8, 4) is 22.6 Å². The van der Waals surface area contributed by atoms with E-state index in [0.29, 0.717) is 29.2 Å². The van der Waals surface area contributed by atoms with Gasteiger partial charge < -0.3 is 9.47 Å². The van der Waals surface area contributed by atoms with Gasteiger partial charge in [0.25, 0.3) is 5.69 Å². The van der Waals surface area contributed by atoms with Gasteiger partial charge >= 0.3 is 0 Å². The summed E-state index contributed by atoms with van der Waals surface area (Å²) in [6, 6.07) is 19.4. The number of hydrogen-bond donors (Lipinski definition) is 0. The highest BCUT2D eigenvalue weighted by molar-refractivity contribution is 6.34. The molecule has 0 atom stereocenters. The molecule has 132 valence electrons. The van der Waals surface area contributed by atoms with E-state index in [9.17, 15) is 10.1 Å². The van der Waals surface area contributed by atoms with Crippen LogP contribution in [0.2, 0.25) is 5.02 Å². The zero-order chi connectivity index (χ0) is 18.5. The van der Waals surface area contributed by atoms with Crippen molar-refractivity contribution in [2.45, 2.75) is 6.61 Å². The molecule has 0 saturated heterocycles. The number of nitro benzene ring substituents is 1. The minimum atomic E-state index is -0.452. The van der Waals surface area contributed by atoms with Gasteiger partial charge in [0, 0.05) is 17.7 Å². The topological polar surface area (TPSA) is 61.6 Å². The van der Waals surface area contributed by atoms with Gasteiger partial charge in [-0.2, -0.15) is 0 Å². The Labute approximate surface area is 155 Å². The fraction of sp³-hybridized carbons (Fsp3) is 0.100. The summed E-state index contributed by atoms with van der Waals surface area (Å²) in [5.74, 6) is 1.05. The van der Waals surface area contributed by atoms with Crippen LogP contribution < -0.4 is 9.47 Å². The van der Waals surface area contributed by atoms with E-state index in [0.717, 1.165) is 5.56 Å². The molecule has 0 aromatic heterocycles. The predicted molar refractivity (Wildman–Crippen MR) is 101 cm³/mol. The summed E-state index contributed by atoms with van der Waals surface area (Å²) in [6.45, 7) is 0.319. The largest absolute Gasteiger partial charge is 0.497 e. The Kier molecular flexibility index (Phi) is 5.39. The van der Waals surface area contributed by atoms with E-state index in [1.807, 2.05) is 30.3 Å². The van der Waals surface area contributed by atoms with Gasteiger partial charge in [-0.25, -0.2) is 0 Å². The lowest BCUT2D eigenvalue weighted by Crippen LogP contribution is -1.99. The van der Waals surface area contributed by atoms with Gasteiger partial charge in [-0.3, -0.25) is 10.1 Å². The van der Waals surface area contributed by atoms with Crippen molar-refractivity contribution in [1.82, 2.24) is 0 Å². The van der Waals surface area contributed by atoms with Crippen LogP contribution in [0, 0.1) is 10.1 Å². The van der Waals surface area contributed by atoms with Crippen LogP contribution in [0.15, 0.2) is 66.7 Å². The Morgan fingerprint density at radius 1 is 1.04 bits per heavy atom. The number of nitrogens with zero attached hydrogens (tertiary/aromatic N) is 1. The van der Waals surface area contributed by atoms with Crippen molar-refractivity contribution in [3.63, 3.8) is 0 Å². The highest BCUT2D eigenvalue weighted by Gasteiger charge is 2.22. The van der Waals surface area contributed by atoms with Crippen molar-refractivity contribution in [3.05, 3.63) is 87.4 Å². The summed E-state index contributed by atoms with van der Waals surface area (Å²) in [7, 11) is 1.55. The standard InChI is InChI=1S/C20H16ClNO4/c1-25-15-10-11-16(20-17(21)8-5-9-18(20)22(23)24)19(12-15)26-13-14-6-3-2-4-7-14/h2-12H,13H2,1H3. The van der Waals surface area contributed by atoms with Crippen LogP contribution >= 0.6 is 11.6 Å². The maximum atomic E-state index is 11.4. The number of methoxy groups -OCH3 is 1. The van der Waals surface area contributed by atoms with Crippen LogP contribution in [0.5, 0.6) is 11.5 Å². The highest BCUT2D eigenvalue weighted by atomic mass is 35.5. The second kappa shape index (κ2) is 7.89. The summed E-state index contributed by atoms with van der Waals surface area (Å²) in [6.07, 6.45) is 0. The maximum Gasteiger partial charge on any atom is 0.278 e. The quantitative estimate of drug-likeness (QED) is 0.425. The van der Waals surface area contributed by atoms with Crippen molar-refractivity contribution < 1.29 is 14.4 Å². The van der Waals surface area contributed by atoms with Gasteiger partial charge in [0.1, 0.15) is 18.1 Å². The van der Waals surface area contributed by atoms with E-state index >= 15 is 0 Å². The van der Waals surface area contributed by atoms with Crippen LogP contribution in [0.4, 0.5) is 5.69 Å². The summed E-state index contributed by atoms with van der Waals surface area (Å²) in [4.78, 5) is 11.0. The van der Waals surface area contributed by atoms with Gasteiger partial charge in [-0.15, -0.1) is 0 Å². The molecule has 26 heavy (non-hydrogen) atoms. The molecule has 3 rings (SSSR count). The SMILES string of the molecule is COc1ccc(-c2c(Cl)cccc2[N+](=O)[O-])c(OCc2ccccc2)c1. The molecule has 0 aliphatic heterocycles. The van der Waals surface area contributed by atoms with Crippen molar-refractivity contribution in [2.75, 3.05) is 7.11 Å². The van der Waals surface area contributed by atoms with Gasteiger partial charge in [0.15, 0.2) is 0 Å². The molecule has 0 spiro atoms. The Bertz CT molecular complexity index is 928. The van der Waals surface area contributed by atoms with Gasteiger partial charge in [-0.05, 0) is 23.8 Å². The Morgan fingerprint density at radius 2 is 1.81 bits per heavy atom. The lowest BCUT2D eigenvalue weighted by atomic mass is 10.0. The van der Waals surface area contributed by atoms with E-state index in [1.165, 1.54) is 6.07 Å². The van der Waals surface area contributed by atoms with Crippen molar-refractivity contribution >= 4 is 17.3 Å². The van der Waals surface area contributed by atoms with Gasteiger partial charge in [0.2, 0.25) is 0 Å². The van der Waals surface area contributed by atoms with E-state index in [1.54, 1.807) is 37.4 Å². The summed E-state index contributed by atoms with van der Waals surface area (Å²) < 4.78 is 11.2. The van der Waals surface area contributed by atoms with Crippen molar-refractivity contribution in [2.24, 2.45) is 0 Å². The molecule has 5 nitrogen and oxygen atoms in total. The summed E-state index contributed by atoms with van der Waals surface area (Å²) in [5, 5.41) is 11.7. The molecule has 0 heterocycles. The summed E-state index contributed by atoms with van der Waals surface area (Å²) in [5.41, 5.74) is 1.77. The van der Waals surface area contributed by atoms with E-state index in [4.69, 9.17) is 21.1 Å². The molecule has 0 fully saturated rings. The molecule has 0 aliphatic rings. The first kappa shape index (κ1) is 17.8. The van der Waals surface area contributed by atoms with Crippen LogP contribution in [0.3, 0.4) is 0 Å². The first-order valence-corrected chi connectivity index (χ1v) is 8.26. The van der Waals surface area contributed by atoms with E-state index in [-0.39, 0.29) is 10.7 Å². The normalized spacial score (nSPS) is 10.4. The first-order chi connectivity index (χ1) is 12.6. The second-order valence-corrected chi connectivity index (χ2v) is 5.93. The van der Waals surface area contributed by atoms with Crippen LogP contribution in [0.25, 0.3) is 11.1 Å². The fourth-order valence-corrected chi connectivity index (χ4v) is 2.89. The predicted octanol–water partition coefficient (Wildman–Crippen LogP) is 5.50. The molecule has 0 radical (unpaired) electrons. The lowest BCUT2D eigenvalue weighted by molar-refractivity contribution is -0.384. The zero-order valence-corrected chi connectivity index (χ0v) is 14.8. The minimum Gasteiger partial charge on any atom is -0.497 e. The number of halogens is 1. The monoisotopic (exact) mass is 369 g/mol. The van der Waals surface area contributed by atoms with Gasteiger partial charge in [-0.1, -0.05) is 48.0 Å². The second-order valence-electron chi connectivity index (χ2n) is 5.53. The average Bonchev–Trinajstić information content (AvgIpc) is 2.67. The number of nitro groups is 1. The number of benzene rings is 3. The smallest absolute Gasteiger partial charge is 0.278 e. The van der Waals surface area contributed by atoms with Crippen molar-refractivity contribution in [1.29, 1.82) is 0 Å². The third-order valence-electron chi connectivity index (χ3n) is 3.88. The molecule has 6 heteroatoms. The molecule has 3 aromatic rings. The number of ether oxygens (including phenoxy) is 2. The molecular formula is C20H16ClNO4. The molecule has 0 saturated carbocycles. The number of hydrogen-bond acceptors (Lipinski definition) is 4. The maximum absolute atomic E-state index is 11.4. The Hall–Kier alpha value is -3.05. The third-order valence-corrected chi connectivity index (χ3v) is 4.20. The molecular weight excluding hydrogens is 354 g/mol. The molecule has 3 aromatic carbocycles. The third kappa shape index (κ3) is 3.78. The van der Waals surface area contributed by atoms with Gasteiger partial charge in [0.05, 0.1) is 22.6 Å². The number of rotatable bonds is 6. The molecule has 0 N–H and O–H groups in total. The molecule has 0 unspecified atom stereocenters. The molecule has 0 aliphatic carbocycles. The molecule has 0 bridgehead atoms. The Balaban J connectivity index is 2.06. The van der Waals surface area contributed by atoms with Crippen LogP contribution in [-0.2, 0) is 6.61 Å². The summed E-state index contributed by atoms with van der Waals surface area (Å²) >= 11 is 6.28. The zero-order valence-electron chi connectivity index (χ0n) is 14.0. The van der Waals surface area contributed by atoms with E-state index in [2.05, 4.69) is 0 Å². The highest BCUT2D eigenvalue weighted by Crippen LogP contribution is 2.42. The van der Waals surface area contributed by atoms with E-state index < -0.39 is 4.92 Å². The van der Waals surface area contributed by atoms with Crippen LogP contribution in [0.1, 0.15) is 5.56 Å². The van der Waals surface area contributed by atoms with Crippen LogP contribution in [-0.4, -0.2) is 12.0 Å².